The molecule has 2 aromatic carbocycles. The van der Waals surface area contributed by atoms with Crippen LogP contribution in [0.1, 0.15) is 29.6 Å². The van der Waals surface area contributed by atoms with Crippen LogP contribution in [0.3, 0.4) is 0 Å². The predicted octanol–water partition coefficient (Wildman–Crippen LogP) is 1.64. The van der Waals surface area contributed by atoms with E-state index in [2.05, 4.69) is 20.3 Å². The molecular formula is C24H31N5O4S. The van der Waals surface area contributed by atoms with Crippen molar-refractivity contribution in [3.63, 3.8) is 0 Å². The van der Waals surface area contributed by atoms with E-state index in [1.807, 2.05) is 4.90 Å². The lowest BCUT2D eigenvalue weighted by Gasteiger charge is -2.31. The van der Waals surface area contributed by atoms with Gasteiger partial charge in [-0.2, -0.15) is 0 Å². The number of piperazine rings is 1. The van der Waals surface area contributed by atoms with Gasteiger partial charge in [0.2, 0.25) is 5.91 Å². The van der Waals surface area contributed by atoms with E-state index in [9.17, 15) is 18.0 Å². The maximum Gasteiger partial charge on any atom is 0.261 e. The first-order chi connectivity index (χ1) is 16.4. The summed E-state index contributed by atoms with van der Waals surface area (Å²) in [7, 11) is -3.81. The molecule has 0 radical (unpaired) electrons. The minimum absolute atomic E-state index is 0.160. The molecule has 34 heavy (non-hydrogen) atoms. The molecule has 0 unspecified atom stereocenters. The summed E-state index contributed by atoms with van der Waals surface area (Å²) in [6.45, 7) is 4.92. The Labute approximate surface area is 200 Å². The van der Waals surface area contributed by atoms with Crippen LogP contribution in [0.25, 0.3) is 0 Å². The van der Waals surface area contributed by atoms with E-state index in [-0.39, 0.29) is 16.7 Å². The van der Waals surface area contributed by atoms with Gasteiger partial charge in [0.15, 0.2) is 0 Å². The molecule has 10 heteroatoms. The van der Waals surface area contributed by atoms with Crippen molar-refractivity contribution in [1.82, 2.24) is 15.5 Å². The lowest BCUT2D eigenvalue weighted by molar-refractivity contribution is -0.127. The summed E-state index contributed by atoms with van der Waals surface area (Å²) < 4.78 is 28.7. The Morgan fingerprint density at radius 2 is 1.79 bits per heavy atom. The van der Waals surface area contributed by atoms with Crippen LogP contribution >= 0.6 is 0 Å². The predicted molar refractivity (Wildman–Crippen MR) is 132 cm³/mol. The van der Waals surface area contributed by atoms with Crippen molar-refractivity contribution in [3.05, 3.63) is 54.1 Å². The molecule has 2 aliphatic heterocycles. The van der Waals surface area contributed by atoms with E-state index in [1.54, 1.807) is 36.4 Å². The largest absolute Gasteiger partial charge is 0.367 e. The number of hydrogen-bond acceptors (Lipinski definition) is 6. The van der Waals surface area contributed by atoms with E-state index in [0.29, 0.717) is 37.2 Å². The highest BCUT2D eigenvalue weighted by molar-refractivity contribution is 7.92. The molecule has 2 heterocycles. The van der Waals surface area contributed by atoms with Gasteiger partial charge >= 0.3 is 0 Å². The highest BCUT2D eigenvalue weighted by Crippen LogP contribution is 2.30. The highest BCUT2D eigenvalue weighted by Gasteiger charge is 2.22. The first-order valence-electron chi connectivity index (χ1n) is 11.7. The van der Waals surface area contributed by atoms with Gasteiger partial charge in [0.05, 0.1) is 16.3 Å². The van der Waals surface area contributed by atoms with Gasteiger partial charge in [-0.15, -0.1) is 0 Å². The molecule has 4 rings (SSSR count). The Morgan fingerprint density at radius 1 is 1.03 bits per heavy atom. The SMILES string of the molecule is O=C(NCCCN1CCCC1=O)c1ccc(N2CCNCC2)c(NS(=O)(=O)c2ccccc2)c1. The van der Waals surface area contributed by atoms with E-state index < -0.39 is 10.0 Å². The fraction of sp³-hybridized carbons (Fsp3) is 0.417. The molecule has 0 aliphatic carbocycles. The zero-order chi connectivity index (χ0) is 24.0. The van der Waals surface area contributed by atoms with Gasteiger partial charge in [0, 0.05) is 57.8 Å². The number of hydrogen-bond donors (Lipinski definition) is 3. The summed E-state index contributed by atoms with van der Waals surface area (Å²) in [4.78, 5) is 28.6. The third-order valence-electron chi connectivity index (χ3n) is 6.08. The zero-order valence-electron chi connectivity index (χ0n) is 19.1. The van der Waals surface area contributed by atoms with Crippen molar-refractivity contribution in [1.29, 1.82) is 0 Å². The number of carbonyl (C=O) groups excluding carboxylic acids is 2. The van der Waals surface area contributed by atoms with Gasteiger partial charge in [-0.05, 0) is 43.2 Å². The van der Waals surface area contributed by atoms with Crippen LogP contribution in [0.2, 0.25) is 0 Å². The van der Waals surface area contributed by atoms with Crippen molar-refractivity contribution in [3.8, 4) is 0 Å². The third-order valence-corrected chi connectivity index (χ3v) is 7.46. The number of rotatable bonds is 9. The molecular weight excluding hydrogens is 454 g/mol. The molecule has 2 amide bonds. The van der Waals surface area contributed by atoms with Crippen LogP contribution in [-0.2, 0) is 14.8 Å². The second-order valence-corrected chi connectivity index (χ2v) is 10.2. The number of benzene rings is 2. The Balaban J connectivity index is 1.48. The quantitative estimate of drug-likeness (QED) is 0.466. The van der Waals surface area contributed by atoms with E-state index >= 15 is 0 Å². The van der Waals surface area contributed by atoms with Crippen LogP contribution in [0, 0.1) is 0 Å². The molecule has 0 aromatic heterocycles. The van der Waals surface area contributed by atoms with Gasteiger partial charge in [-0.3, -0.25) is 14.3 Å². The van der Waals surface area contributed by atoms with Crippen molar-refractivity contribution >= 4 is 33.2 Å². The number of nitrogens with one attached hydrogen (secondary N) is 3. The molecule has 182 valence electrons. The summed E-state index contributed by atoms with van der Waals surface area (Å²) >= 11 is 0. The number of nitrogens with zero attached hydrogens (tertiary/aromatic N) is 2. The van der Waals surface area contributed by atoms with Crippen LogP contribution in [0.15, 0.2) is 53.4 Å². The summed E-state index contributed by atoms with van der Waals surface area (Å²) in [6.07, 6.45) is 2.17. The van der Waals surface area contributed by atoms with Gasteiger partial charge < -0.3 is 20.4 Å². The van der Waals surface area contributed by atoms with E-state index in [1.165, 1.54) is 12.1 Å². The lowest BCUT2D eigenvalue weighted by Crippen LogP contribution is -2.43. The maximum atomic E-state index is 13.0. The normalized spacial score (nSPS) is 16.5. The fourth-order valence-electron chi connectivity index (χ4n) is 4.26. The standard InChI is InChI=1S/C24H31N5O4S/c30-23-8-4-14-29(23)15-5-11-26-24(31)19-9-10-22(28-16-12-25-13-17-28)21(18-19)27-34(32,33)20-6-2-1-3-7-20/h1-3,6-7,9-10,18,25,27H,4-5,8,11-17H2,(H,26,31). The molecule has 2 saturated heterocycles. The number of sulfonamides is 1. The molecule has 3 N–H and O–H groups in total. The number of anilines is 2. The summed E-state index contributed by atoms with van der Waals surface area (Å²) in [6, 6.07) is 13.3. The first-order valence-corrected chi connectivity index (χ1v) is 13.2. The first kappa shape index (κ1) is 24.0. The highest BCUT2D eigenvalue weighted by atomic mass is 32.2. The van der Waals surface area contributed by atoms with Gasteiger partial charge in [0.25, 0.3) is 15.9 Å². The van der Waals surface area contributed by atoms with Crippen LogP contribution in [0.4, 0.5) is 11.4 Å². The Hall–Kier alpha value is -3.11. The van der Waals surface area contributed by atoms with Crippen molar-refractivity contribution in [2.24, 2.45) is 0 Å². The van der Waals surface area contributed by atoms with Crippen molar-refractivity contribution in [2.75, 3.05) is 55.4 Å². The van der Waals surface area contributed by atoms with Gasteiger partial charge in [-0.25, -0.2) is 8.42 Å². The van der Waals surface area contributed by atoms with Crippen LogP contribution in [-0.4, -0.2) is 70.9 Å². The molecule has 9 nitrogen and oxygen atoms in total. The Kier molecular flexibility index (Phi) is 7.69. The fourth-order valence-corrected chi connectivity index (χ4v) is 5.34. The number of carbonyl (C=O) groups is 2. The average Bonchev–Trinajstić information content (AvgIpc) is 3.27. The molecule has 2 aliphatic rings. The summed E-state index contributed by atoms with van der Waals surface area (Å²) in [5, 5.41) is 6.17. The summed E-state index contributed by atoms with van der Waals surface area (Å²) in [5.41, 5.74) is 1.49. The van der Waals surface area contributed by atoms with E-state index in [4.69, 9.17) is 0 Å². The second kappa shape index (κ2) is 10.9. The number of likely N-dealkylation sites (tertiary alicyclic amines) is 1. The van der Waals surface area contributed by atoms with Crippen molar-refractivity contribution < 1.29 is 18.0 Å². The Morgan fingerprint density at radius 3 is 2.50 bits per heavy atom. The van der Waals surface area contributed by atoms with Crippen LogP contribution < -0.4 is 20.3 Å². The van der Waals surface area contributed by atoms with E-state index in [0.717, 1.165) is 44.8 Å². The van der Waals surface area contributed by atoms with Gasteiger partial charge in [0.1, 0.15) is 0 Å². The molecule has 0 spiro atoms. The Bertz CT molecular complexity index is 1120. The monoisotopic (exact) mass is 485 g/mol. The van der Waals surface area contributed by atoms with Gasteiger partial charge in [-0.1, -0.05) is 18.2 Å². The average molecular weight is 486 g/mol. The molecule has 2 aromatic rings. The molecule has 2 fully saturated rings. The minimum atomic E-state index is -3.81. The third kappa shape index (κ3) is 5.87. The zero-order valence-corrected chi connectivity index (χ0v) is 19.9. The topological polar surface area (TPSA) is 111 Å². The minimum Gasteiger partial charge on any atom is -0.367 e. The number of amides is 2. The van der Waals surface area contributed by atoms with Crippen molar-refractivity contribution in [2.45, 2.75) is 24.2 Å². The van der Waals surface area contributed by atoms with Crippen LogP contribution in [0.5, 0.6) is 0 Å². The smallest absolute Gasteiger partial charge is 0.261 e. The molecule has 0 bridgehead atoms. The maximum absolute atomic E-state index is 13.0. The lowest BCUT2D eigenvalue weighted by atomic mass is 10.1. The molecule has 0 atom stereocenters. The summed E-state index contributed by atoms with van der Waals surface area (Å²) in [5.74, 6) is -0.107. The second-order valence-electron chi connectivity index (χ2n) is 8.48. The molecule has 0 saturated carbocycles.